The number of hydrogen-bond acceptors (Lipinski definition) is 6. The highest BCUT2D eigenvalue weighted by Gasteiger charge is 2.12. The summed E-state index contributed by atoms with van der Waals surface area (Å²) in [6, 6.07) is 19.0. The van der Waals surface area contributed by atoms with Gasteiger partial charge in [-0.2, -0.15) is 0 Å². The third kappa shape index (κ3) is 6.90. The molecule has 9 nitrogen and oxygen atoms in total. The smallest absolute Gasteiger partial charge is 0.323 e. The molecule has 38 heavy (non-hydrogen) atoms. The van der Waals surface area contributed by atoms with Gasteiger partial charge in [0.15, 0.2) is 0 Å². The number of methoxy groups -OCH3 is 1. The van der Waals surface area contributed by atoms with Gasteiger partial charge in [0, 0.05) is 29.5 Å². The van der Waals surface area contributed by atoms with Gasteiger partial charge in [0.05, 0.1) is 25.8 Å². The summed E-state index contributed by atoms with van der Waals surface area (Å²) < 4.78 is 17.1. The van der Waals surface area contributed by atoms with Crippen LogP contribution in [0, 0.1) is 6.57 Å². The average Bonchev–Trinajstić information content (AvgIpc) is 2.92. The third-order valence-corrected chi connectivity index (χ3v) is 5.60. The van der Waals surface area contributed by atoms with Crippen molar-refractivity contribution < 1.29 is 19.0 Å². The first-order valence-electron chi connectivity index (χ1n) is 12.0. The molecule has 0 atom stereocenters. The topological polar surface area (TPSA) is 89.3 Å². The van der Waals surface area contributed by atoms with E-state index in [-0.39, 0.29) is 6.03 Å². The van der Waals surface area contributed by atoms with Gasteiger partial charge in [-0.05, 0) is 87.2 Å². The van der Waals surface area contributed by atoms with Crippen molar-refractivity contribution in [2.45, 2.75) is 6.42 Å². The molecule has 0 aliphatic rings. The largest absolute Gasteiger partial charge is 0.504 e. The summed E-state index contributed by atoms with van der Waals surface area (Å²) in [4.78, 5) is 22.5. The van der Waals surface area contributed by atoms with Crippen LogP contribution in [0.25, 0.3) is 15.7 Å². The lowest BCUT2D eigenvalue weighted by atomic mass is 10.1. The number of rotatable bonds is 10. The van der Waals surface area contributed by atoms with Gasteiger partial charge in [0.2, 0.25) is 5.69 Å². The normalized spacial score (nSPS) is 10.6. The first-order valence-corrected chi connectivity index (χ1v) is 12.0. The minimum atomic E-state index is -0.365. The van der Waals surface area contributed by atoms with Crippen LogP contribution in [0.15, 0.2) is 72.9 Å². The van der Waals surface area contributed by atoms with Crippen molar-refractivity contribution in [1.29, 1.82) is 0 Å². The van der Waals surface area contributed by atoms with E-state index in [1.54, 1.807) is 80.0 Å². The van der Waals surface area contributed by atoms with Crippen LogP contribution >= 0.6 is 0 Å². The number of pyridine rings is 1. The molecule has 0 aliphatic heterocycles. The van der Waals surface area contributed by atoms with Gasteiger partial charge >= 0.3 is 6.03 Å². The van der Waals surface area contributed by atoms with Crippen LogP contribution < -0.4 is 24.8 Å². The number of benzene rings is 3. The molecule has 0 saturated carbocycles. The van der Waals surface area contributed by atoms with Crippen molar-refractivity contribution in [3.05, 3.63) is 84.3 Å². The Bertz CT molecular complexity index is 1430. The van der Waals surface area contributed by atoms with E-state index in [4.69, 9.17) is 20.8 Å². The lowest BCUT2D eigenvalue weighted by Crippen LogP contribution is -2.19. The molecule has 0 bridgehead atoms. The van der Waals surface area contributed by atoms with Crippen LogP contribution in [0.5, 0.6) is 23.0 Å². The third-order valence-electron chi connectivity index (χ3n) is 5.60. The number of anilines is 2. The van der Waals surface area contributed by atoms with E-state index in [0.29, 0.717) is 57.6 Å². The number of ether oxygens (including phenoxy) is 3. The predicted molar refractivity (Wildman–Crippen MR) is 149 cm³/mol. The molecule has 0 unspecified atom stereocenters. The number of amides is 2. The maximum absolute atomic E-state index is 12.3. The zero-order chi connectivity index (χ0) is 26.9. The molecule has 0 fully saturated rings. The zero-order valence-electron chi connectivity index (χ0n) is 21.5. The average molecular weight is 512 g/mol. The molecule has 2 N–H and O–H groups in total. The molecule has 3 aromatic carbocycles. The Balaban J connectivity index is 1.42. The van der Waals surface area contributed by atoms with Crippen molar-refractivity contribution in [2.75, 3.05) is 45.0 Å². The van der Waals surface area contributed by atoms with Gasteiger partial charge in [-0.15, -0.1) is 0 Å². The van der Waals surface area contributed by atoms with Crippen LogP contribution in [-0.2, 0) is 0 Å². The molecule has 2 amide bonds. The lowest BCUT2D eigenvalue weighted by Gasteiger charge is -2.14. The summed E-state index contributed by atoms with van der Waals surface area (Å²) >= 11 is 0. The summed E-state index contributed by atoms with van der Waals surface area (Å²) in [5.74, 6) is 2.37. The highest BCUT2D eigenvalue weighted by Crippen LogP contribution is 2.37. The van der Waals surface area contributed by atoms with E-state index in [2.05, 4.69) is 25.4 Å². The lowest BCUT2D eigenvalue weighted by molar-refractivity contribution is 0.262. The molecule has 0 radical (unpaired) electrons. The van der Waals surface area contributed by atoms with Crippen molar-refractivity contribution in [3.8, 4) is 23.0 Å². The second kappa shape index (κ2) is 12.4. The number of carbonyl (C=O) groups is 1. The number of hydrogen-bond donors (Lipinski definition) is 2. The highest BCUT2D eigenvalue weighted by molar-refractivity contribution is 5.99. The van der Waals surface area contributed by atoms with Crippen molar-refractivity contribution >= 4 is 34.0 Å². The first-order chi connectivity index (χ1) is 18.4. The maximum Gasteiger partial charge on any atom is 0.323 e. The summed E-state index contributed by atoms with van der Waals surface area (Å²) in [5, 5.41) is 6.27. The van der Waals surface area contributed by atoms with E-state index in [1.807, 2.05) is 14.1 Å². The minimum Gasteiger partial charge on any atom is -0.504 e. The van der Waals surface area contributed by atoms with E-state index < -0.39 is 0 Å². The van der Waals surface area contributed by atoms with Crippen molar-refractivity contribution in [1.82, 2.24) is 9.88 Å². The molecule has 194 valence electrons. The van der Waals surface area contributed by atoms with Gasteiger partial charge in [-0.1, -0.05) is 0 Å². The fourth-order valence-electron chi connectivity index (χ4n) is 3.69. The fourth-order valence-corrected chi connectivity index (χ4v) is 3.69. The second-order valence-electron chi connectivity index (χ2n) is 8.70. The van der Waals surface area contributed by atoms with Gasteiger partial charge in [0.25, 0.3) is 0 Å². The van der Waals surface area contributed by atoms with Crippen molar-refractivity contribution in [2.24, 2.45) is 0 Å². The second-order valence-corrected chi connectivity index (χ2v) is 8.70. The summed E-state index contributed by atoms with van der Waals surface area (Å²) in [6.45, 7) is 9.02. The van der Waals surface area contributed by atoms with Gasteiger partial charge in [-0.3, -0.25) is 4.98 Å². The number of carbonyl (C=O) groups excluding carboxylic acids is 1. The maximum atomic E-state index is 12.3. The molecule has 0 spiro atoms. The van der Waals surface area contributed by atoms with E-state index in [0.717, 1.165) is 13.0 Å². The molecule has 0 aliphatic carbocycles. The van der Waals surface area contributed by atoms with Gasteiger partial charge in [-0.25, -0.2) is 9.64 Å². The van der Waals surface area contributed by atoms with Gasteiger partial charge < -0.3 is 29.7 Å². The van der Waals surface area contributed by atoms with E-state index in [9.17, 15) is 4.79 Å². The SMILES string of the molecule is [C-]#[N+]c1cc2c(Oc3ccc(NC(=O)Nc4ccc(OC)cc4)cc3)ccnc2cc1OCCCN(C)C. The monoisotopic (exact) mass is 511 g/mol. The number of aromatic nitrogens is 1. The molecule has 0 saturated heterocycles. The Morgan fingerprint density at radius 3 is 2.21 bits per heavy atom. The highest BCUT2D eigenvalue weighted by atomic mass is 16.5. The fraction of sp³-hybridized carbons (Fsp3) is 0.207. The number of nitrogens with zero attached hydrogens (tertiary/aromatic N) is 3. The Labute approximate surface area is 221 Å². The Morgan fingerprint density at radius 1 is 0.947 bits per heavy atom. The standard InChI is InChI=1S/C29H29N5O4/c1-30-26-18-24-25(19-28(26)37-17-5-16-34(2)3)31-15-14-27(24)38-23-12-8-21(9-13-23)33-29(35)32-20-6-10-22(36-4)11-7-20/h6-15,18-19H,5,16-17H2,2-4H3,(H2,32,33,35). The van der Waals surface area contributed by atoms with Crippen LogP contribution in [-0.4, -0.2) is 50.3 Å². The molecule has 4 rings (SSSR count). The first kappa shape index (κ1) is 26.3. The molecule has 4 aromatic rings. The van der Waals surface area contributed by atoms with Crippen molar-refractivity contribution in [3.63, 3.8) is 0 Å². The summed E-state index contributed by atoms with van der Waals surface area (Å²) in [5.41, 5.74) is 2.33. The summed E-state index contributed by atoms with van der Waals surface area (Å²) in [6.07, 6.45) is 2.51. The Kier molecular flexibility index (Phi) is 8.59. The number of urea groups is 1. The molecule has 1 aromatic heterocycles. The van der Waals surface area contributed by atoms with Crippen LogP contribution in [0.1, 0.15) is 6.42 Å². The Hall–Kier alpha value is -4.81. The molecular formula is C29H29N5O4. The number of nitrogens with one attached hydrogen (secondary N) is 2. The molecule has 1 heterocycles. The van der Waals surface area contributed by atoms with Gasteiger partial charge in [0.1, 0.15) is 23.0 Å². The predicted octanol–water partition coefficient (Wildman–Crippen LogP) is 6.56. The Morgan fingerprint density at radius 2 is 1.61 bits per heavy atom. The van der Waals surface area contributed by atoms with Crippen LogP contribution in [0.2, 0.25) is 0 Å². The van der Waals surface area contributed by atoms with E-state index in [1.165, 1.54) is 0 Å². The molecular weight excluding hydrogens is 482 g/mol. The van der Waals surface area contributed by atoms with E-state index >= 15 is 0 Å². The zero-order valence-corrected chi connectivity index (χ0v) is 21.5. The summed E-state index contributed by atoms with van der Waals surface area (Å²) in [7, 11) is 5.61. The molecule has 9 heteroatoms. The van der Waals surface area contributed by atoms with Crippen LogP contribution in [0.4, 0.5) is 21.9 Å². The minimum absolute atomic E-state index is 0.365. The number of fused-ring (bicyclic) bond motifs is 1. The quantitative estimate of drug-likeness (QED) is 0.185. The van der Waals surface area contributed by atoms with Crippen LogP contribution in [0.3, 0.4) is 0 Å².